The third-order valence-electron chi connectivity index (χ3n) is 2.84. The van der Waals surface area contributed by atoms with Crippen molar-refractivity contribution in [2.45, 2.75) is 20.8 Å². The zero-order valence-electron chi connectivity index (χ0n) is 11.9. The van der Waals surface area contributed by atoms with Crippen molar-refractivity contribution in [3.8, 4) is 0 Å². The van der Waals surface area contributed by atoms with E-state index in [0.29, 0.717) is 0 Å². The summed E-state index contributed by atoms with van der Waals surface area (Å²) in [5, 5.41) is 0. The maximum absolute atomic E-state index is 11.6. The van der Waals surface area contributed by atoms with Crippen LogP contribution in [0, 0.1) is 20.8 Å². The number of carbonyl (C=O) groups is 2. The Morgan fingerprint density at radius 2 is 1.37 bits per heavy atom. The first-order valence-corrected chi connectivity index (χ1v) is 5.87. The number of carbonyl (C=O) groups excluding carboxylic acids is 2. The lowest BCUT2D eigenvalue weighted by atomic mass is 9.98. The van der Waals surface area contributed by atoms with Gasteiger partial charge >= 0.3 is 11.9 Å². The smallest absolute Gasteiger partial charge is 0.345 e. The van der Waals surface area contributed by atoms with Gasteiger partial charge in [-0.25, -0.2) is 9.59 Å². The first-order valence-electron chi connectivity index (χ1n) is 5.87. The molecule has 1 rings (SSSR count). The number of aryl methyl sites for hydroxylation is 3. The Hall–Kier alpha value is -2.10. The van der Waals surface area contributed by atoms with Crippen LogP contribution in [0.1, 0.15) is 22.3 Å². The Balaban J connectivity index is 3.38. The van der Waals surface area contributed by atoms with Crippen molar-refractivity contribution < 1.29 is 19.1 Å². The molecule has 0 amide bonds. The van der Waals surface area contributed by atoms with E-state index in [0.717, 1.165) is 22.3 Å². The van der Waals surface area contributed by atoms with Gasteiger partial charge in [-0.3, -0.25) is 0 Å². The van der Waals surface area contributed by atoms with E-state index in [9.17, 15) is 9.59 Å². The molecule has 0 fully saturated rings. The fourth-order valence-electron chi connectivity index (χ4n) is 1.98. The molecule has 0 radical (unpaired) electrons. The van der Waals surface area contributed by atoms with Crippen molar-refractivity contribution in [3.05, 3.63) is 40.0 Å². The zero-order valence-corrected chi connectivity index (χ0v) is 11.9. The Labute approximate surface area is 113 Å². The minimum absolute atomic E-state index is 0.111. The van der Waals surface area contributed by atoms with E-state index < -0.39 is 11.9 Å². The number of hydrogen-bond acceptors (Lipinski definition) is 4. The summed E-state index contributed by atoms with van der Waals surface area (Å²) >= 11 is 0. The molecule has 1 aromatic carbocycles. The Kier molecular flexibility index (Phi) is 4.87. The molecule has 0 saturated carbocycles. The number of methoxy groups -OCH3 is 2. The van der Waals surface area contributed by atoms with Crippen LogP contribution in [-0.2, 0) is 19.1 Å². The quantitative estimate of drug-likeness (QED) is 0.363. The second-order valence-corrected chi connectivity index (χ2v) is 4.35. The third kappa shape index (κ3) is 3.44. The van der Waals surface area contributed by atoms with Gasteiger partial charge in [0.1, 0.15) is 5.57 Å². The highest BCUT2D eigenvalue weighted by Crippen LogP contribution is 2.20. The van der Waals surface area contributed by atoms with E-state index in [1.165, 1.54) is 20.3 Å². The molecule has 0 bridgehead atoms. The molecule has 0 aliphatic rings. The van der Waals surface area contributed by atoms with Crippen LogP contribution in [0.3, 0.4) is 0 Å². The summed E-state index contributed by atoms with van der Waals surface area (Å²) in [5.74, 6) is -1.41. The van der Waals surface area contributed by atoms with Gasteiger partial charge in [-0.1, -0.05) is 17.7 Å². The Morgan fingerprint density at radius 3 is 1.74 bits per heavy atom. The Morgan fingerprint density at radius 1 is 0.947 bits per heavy atom. The van der Waals surface area contributed by atoms with Gasteiger partial charge in [-0.15, -0.1) is 0 Å². The van der Waals surface area contributed by atoms with Crippen molar-refractivity contribution in [1.29, 1.82) is 0 Å². The van der Waals surface area contributed by atoms with Crippen LogP contribution in [-0.4, -0.2) is 26.2 Å². The molecule has 0 aliphatic carbocycles. The summed E-state index contributed by atoms with van der Waals surface area (Å²) in [6.45, 7) is 5.85. The maximum Gasteiger partial charge on any atom is 0.345 e. The van der Waals surface area contributed by atoms with Gasteiger partial charge < -0.3 is 9.47 Å². The highest BCUT2D eigenvalue weighted by molar-refractivity contribution is 6.17. The summed E-state index contributed by atoms with van der Waals surface area (Å²) in [4.78, 5) is 23.2. The van der Waals surface area contributed by atoms with Crippen molar-refractivity contribution >= 4 is 18.0 Å². The largest absolute Gasteiger partial charge is 0.465 e. The first kappa shape index (κ1) is 15.0. The van der Waals surface area contributed by atoms with E-state index in [1.54, 1.807) is 0 Å². The lowest BCUT2D eigenvalue weighted by molar-refractivity contribution is -0.143. The first-order chi connectivity index (χ1) is 8.90. The highest BCUT2D eigenvalue weighted by atomic mass is 16.5. The summed E-state index contributed by atoms with van der Waals surface area (Å²) in [5.41, 5.74) is 3.83. The Bertz CT molecular complexity index is 500. The van der Waals surface area contributed by atoms with Crippen LogP contribution in [0.15, 0.2) is 17.7 Å². The monoisotopic (exact) mass is 262 g/mol. The van der Waals surface area contributed by atoms with E-state index in [4.69, 9.17) is 0 Å². The SMILES string of the molecule is COC(=O)C(=Cc1c(C)cc(C)cc1C)C(=O)OC. The van der Waals surface area contributed by atoms with Crippen LogP contribution in [0.2, 0.25) is 0 Å². The van der Waals surface area contributed by atoms with Gasteiger partial charge in [0, 0.05) is 0 Å². The van der Waals surface area contributed by atoms with Crippen LogP contribution < -0.4 is 0 Å². The molecule has 0 unspecified atom stereocenters. The van der Waals surface area contributed by atoms with Gasteiger partial charge in [-0.05, 0) is 43.5 Å². The summed E-state index contributed by atoms with van der Waals surface area (Å²) in [6, 6.07) is 3.98. The molecule has 0 aromatic heterocycles. The molecule has 0 atom stereocenters. The van der Waals surface area contributed by atoms with E-state index in [-0.39, 0.29) is 5.57 Å². The van der Waals surface area contributed by atoms with Gasteiger partial charge in [0.15, 0.2) is 0 Å². The fraction of sp³-hybridized carbons (Fsp3) is 0.333. The van der Waals surface area contributed by atoms with Crippen LogP contribution in [0.4, 0.5) is 0 Å². The predicted octanol–water partition coefficient (Wildman–Crippen LogP) is 2.34. The third-order valence-corrected chi connectivity index (χ3v) is 2.84. The van der Waals surface area contributed by atoms with E-state index in [2.05, 4.69) is 9.47 Å². The van der Waals surface area contributed by atoms with Crippen molar-refractivity contribution in [2.75, 3.05) is 14.2 Å². The molecule has 0 heterocycles. The van der Waals surface area contributed by atoms with Gasteiger partial charge in [0.25, 0.3) is 0 Å². The topological polar surface area (TPSA) is 52.6 Å². The minimum atomic E-state index is -0.703. The van der Waals surface area contributed by atoms with E-state index >= 15 is 0 Å². The minimum Gasteiger partial charge on any atom is -0.465 e. The average molecular weight is 262 g/mol. The lowest BCUT2D eigenvalue weighted by Gasteiger charge is -2.09. The molecule has 0 N–H and O–H groups in total. The van der Waals surface area contributed by atoms with E-state index in [1.807, 2.05) is 32.9 Å². The molecule has 19 heavy (non-hydrogen) atoms. The molecule has 1 aromatic rings. The second-order valence-electron chi connectivity index (χ2n) is 4.35. The molecule has 102 valence electrons. The molecule has 4 heteroatoms. The second kappa shape index (κ2) is 6.18. The van der Waals surface area contributed by atoms with Gasteiger partial charge in [0.05, 0.1) is 14.2 Å². The number of rotatable bonds is 3. The maximum atomic E-state index is 11.6. The zero-order chi connectivity index (χ0) is 14.6. The standard InChI is InChI=1S/C15H18O4/c1-9-6-10(2)12(11(3)7-9)8-13(14(16)18-4)15(17)19-5/h6-8H,1-5H3. The number of hydrogen-bond donors (Lipinski definition) is 0. The van der Waals surface area contributed by atoms with Crippen molar-refractivity contribution in [3.63, 3.8) is 0 Å². The number of esters is 2. The summed E-state index contributed by atoms with van der Waals surface area (Å²) in [7, 11) is 2.46. The summed E-state index contributed by atoms with van der Waals surface area (Å²) < 4.78 is 9.21. The normalized spacial score (nSPS) is 9.74. The lowest BCUT2D eigenvalue weighted by Crippen LogP contribution is -2.15. The fourth-order valence-corrected chi connectivity index (χ4v) is 1.98. The number of ether oxygens (including phenoxy) is 2. The molecule has 4 nitrogen and oxygen atoms in total. The van der Waals surface area contributed by atoms with Gasteiger partial charge in [0.2, 0.25) is 0 Å². The molecular weight excluding hydrogens is 244 g/mol. The molecular formula is C15H18O4. The predicted molar refractivity (Wildman–Crippen MR) is 72.7 cm³/mol. The summed E-state index contributed by atoms with van der Waals surface area (Å²) in [6.07, 6.45) is 1.52. The number of benzene rings is 1. The van der Waals surface area contributed by atoms with Crippen LogP contribution >= 0.6 is 0 Å². The molecule has 0 saturated heterocycles. The van der Waals surface area contributed by atoms with Crippen molar-refractivity contribution in [1.82, 2.24) is 0 Å². The van der Waals surface area contributed by atoms with Crippen LogP contribution in [0.25, 0.3) is 6.08 Å². The van der Waals surface area contributed by atoms with Crippen LogP contribution in [0.5, 0.6) is 0 Å². The molecule has 0 spiro atoms. The highest BCUT2D eigenvalue weighted by Gasteiger charge is 2.20. The van der Waals surface area contributed by atoms with Crippen molar-refractivity contribution in [2.24, 2.45) is 0 Å². The average Bonchev–Trinajstić information content (AvgIpc) is 2.36. The van der Waals surface area contributed by atoms with Gasteiger partial charge in [-0.2, -0.15) is 0 Å². The molecule has 0 aliphatic heterocycles.